The number of nitrogens with zero attached hydrogens (tertiary/aromatic N) is 1. The Bertz CT molecular complexity index is 722. The lowest BCUT2D eigenvalue weighted by atomic mass is 10.3. The molecule has 0 spiro atoms. The molecule has 1 aromatic heterocycles. The van der Waals surface area contributed by atoms with Crippen molar-refractivity contribution in [1.29, 1.82) is 0 Å². The van der Waals surface area contributed by atoms with Crippen LogP contribution >= 0.6 is 15.9 Å². The van der Waals surface area contributed by atoms with Gasteiger partial charge in [-0.05, 0) is 40.2 Å². The molecule has 1 aromatic carbocycles. The lowest BCUT2D eigenvalue weighted by Crippen LogP contribution is -2.21. The molecular formula is C13H14BrN3O3S. The van der Waals surface area contributed by atoms with Crippen LogP contribution in [0.3, 0.4) is 0 Å². The molecule has 6 nitrogen and oxygen atoms in total. The number of aromatic nitrogens is 1. The SMILES string of the molecule is Nc1cccc(OCCS(=O)(=O)Nc2cccnc2Br)c1. The van der Waals surface area contributed by atoms with E-state index in [2.05, 4.69) is 25.6 Å². The third-order valence-corrected chi connectivity index (χ3v) is 4.37. The molecule has 8 heteroatoms. The zero-order valence-corrected chi connectivity index (χ0v) is 13.4. The summed E-state index contributed by atoms with van der Waals surface area (Å²) in [5, 5.41) is 0. The summed E-state index contributed by atoms with van der Waals surface area (Å²) in [5.74, 6) is 0.358. The van der Waals surface area contributed by atoms with Crippen molar-refractivity contribution >= 4 is 37.3 Å². The number of sulfonamides is 1. The summed E-state index contributed by atoms with van der Waals surface area (Å²) < 4.78 is 32.1. The van der Waals surface area contributed by atoms with Crippen molar-refractivity contribution in [2.24, 2.45) is 0 Å². The molecule has 112 valence electrons. The van der Waals surface area contributed by atoms with Gasteiger partial charge in [0.1, 0.15) is 22.7 Å². The molecular weight excluding hydrogens is 358 g/mol. The highest BCUT2D eigenvalue weighted by Crippen LogP contribution is 2.20. The van der Waals surface area contributed by atoms with Crippen LogP contribution in [-0.2, 0) is 10.0 Å². The van der Waals surface area contributed by atoms with E-state index in [-0.39, 0.29) is 12.4 Å². The van der Waals surface area contributed by atoms with Gasteiger partial charge >= 0.3 is 0 Å². The highest BCUT2D eigenvalue weighted by molar-refractivity contribution is 9.10. The number of rotatable bonds is 6. The summed E-state index contributed by atoms with van der Waals surface area (Å²) in [7, 11) is -3.51. The van der Waals surface area contributed by atoms with Gasteiger partial charge in [0.2, 0.25) is 10.0 Å². The Kier molecular flexibility index (Phi) is 5.03. The minimum atomic E-state index is -3.51. The number of nitrogens with two attached hydrogens (primary N) is 1. The van der Waals surface area contributed by atoms with E-state index in [0.717, 1.165) is 0 Å². The van der Waals surface area contributed by atoms with Crippen LogP contribution in [0.25, 0.3) is 0 Å². The lowest BCUT2D eigenvalue weighted by molar-refractivity contribution is 0.341. The number of ether oxygens (including phenoxy) is 1. The summed E-state index contributed by atoms with van der Waals surface area (Å²) in [6.45, 7) is 0.0245. The first-order valence-corrected chi connectivity index (χ1v) is 8.50. The molecule has 0 bridgehead atoms. The van der Waals surface area contributed by atoms with Crippen molar-refractivity contribution in [2.75, 3.05) is 22.8 Å². The van der Waals surface area contributed by atoms with Crippen molar-refractivity contribution < 1.29 is 13.2 Å². The van der Waals surface area contributed by atoms with Crippen molar-refractivity contribution in [3.8, 4) is 5.75 Å². The maximum Gasteiger partial charge on any atom is 0.236 e. The number of hydrogen-bond acceptors (Lipinski definition) is 5. The van der Waals surface area contributed by atoms with Crippen molar-refractivity contribution in [2.45, 2.75) is 0 Å². The second-order valence-corrected chi connectivity index (χ2v) is 6.78. The van der Waals surface area contributed by atoms with Crippen LogP contribution in [-0.4, -0.2) is 25.8 Å². The number of benzene rings is 1. The van der Waals surface area contributed by atoms with E-state index in [1.54, 1.807) is 42.6 Å². The Balaban J connectivity index is 1.91. The van der Waals surface area contributed by atoms with Gasteiger partial charge in [-0.2, -0.15) is 0 Å². The van der Waals surface area contributed by atoms with Gasteiger partial charge in [0.05, 0.1) is 5.69 Å². The van der Waals surface area contributed by atoms with Crippen LogP contribution in [0.15, 0.2) is 47.2 Å². The quantitative estimate of drug-likeness (QED) is 0.599. The monoisotopic (exact) mass is 371 g/mol. The fraction of sp³-hybridized carbons (Fsp3) is 0.154. The van der Waals surface area contributed by atoms with Gasteiger partial charge < -0.3 is 10.5 Å². The summed E-state index contributed by atoms with van der Waals surface area (Å²) >= 11 is 3.18. The Morgan fingerprint density at radius 1 is 1.29 bits per heavy atom. The molecule has 2 aromatic rings. The van der Waals surface area contributed by atoms with E-state index >= 15 is 0 Å². The van der Waals surface area contributed by atoms with Crippen LogP contribution in [0.2, 0.25) is 0 Å². The predicted octanol–water partition coefficient (Wildman–Crippen LogP) is 2.25. The molecule has 0 fully saturated rings. The van der Waals surface area contributed by atoms with Crippen LogP contribution in [0.1, 0.15) is 0 Å². The lowest BCUT2D eigenvalue weighted by Gasteiger charge is -2.10. The number of nitrogens with one attached hydrogen (secondary N) is 1. The molecule has 0 aliphatic carbocycles. The summed E-state index contributed by atoms with van der Waals surface area (Å²) in [5.41, 5.74) is 6.57. The van der Waals surface area contributed by atoms with E-state index in [1.807, 2.05) is 0 Å². The number of halogens is 1. The fourth-order valence-corrected chi connectivity index (χ4v) is 2.94. The van der Waals surface area contributed by atoms with Crippen molar-refractivity contribution in [1.82, 2.24) is 4.98 Å². The van der Waals surface area contributed by atoms with E-state index in [0.29, 0.717) is 21.7 Å². The average Bonchev–Trinajstić information content (AvgIpc) is 2.41. The molecule has 0 unspecified atom stereocenters. The molecule has 0 amide bonds. The molecule has 0 saturated carbocycles. The molecule has 0 atom stereocenters. The minimum absolute atomic E-state index is 0.0245. The first-order valence-electron chi connectivity index (χ1n) is 6.06. The van der Waals surface area contributed by atoms with Gasteiger partial charge in [0.25, 0.3) is 0 Å². The van der Waals surface area contributed by atoms with Crippen LogP contribution in [0.4, 0.5) is 11.4 Å². The zero-order valence-electron chi connectivity index (χ0n) is 11.0. The Morgan fingerprint density at radius 2 is 2.10 bits per heavy atom. The van der Waals surface area contributed by atoms with Gasteiger partial charge in [-0.15, -0.1) is 0 Å². The Hall–Kier alpha value is -1.80. The summed E-state index contributed by atoms with van der Waals surface area (Å²) in [6, 6.07) is 10.1. The number of pyridine rings is 1. The van der Waals surface area contributed by atoms with Crippen molar-refractivity contribution in [3.05, 3.63) is 47.2 Å². The summed E-state index contributed by atoms with van der Waals surface area (Å²) in [4.78, 5) is 3.95. The number of anilines is 2. The normalized spacial score (nSPS) is 11.1. The minimum Gasteiger partial charge on any atom is -0.492 e. The van der Waals surface area contributed by atoms with Gasteiger partial charge in [0, 0.05) is 18.0 Å². The second kappa shape index (κ2) is 6.77. The molecule has 1 heterocycles. The molecule has 0 aliphatic heterocycles. The molecule has 2 rings (SSSR count). The van der Waals surface area contributed by atoms with Gasteiger partial charge in [-0.1, -0.05) is 6.07 Å². The molecule has 0 radical (unpaired) electrons. The first-order chi connectivity index (χ1) is 9.96. The zero-order chi connectivity index (χ0) is 15.3. The third-order valence-electron chi connectivity index (χ3n) is 2.50. The third kappa shape index (κ3) is 4.91. The predicted molar refractivity (Wildman–Crippen MR) is 85.7 cm³/mol. The standard InChI is InChI=1S/C13H14BrN3O3S/c14-13-12(5-2-6-16-13)17-21(18,19)8-7-20-11-4-1-3-10(15)9-11/h1-6,9,17H,7-8,15H2. The highest BCUT2D eigenvalue weighted by Gasteiger charge is 2.13. The van der Waals surface area contributed by atoms with E-state index in [9.17, 15) is 8.42 Å². The fourth-order valence-electron chi connectivity index (χ4n) is 1.55. The molecule has 0 aliphatic rings. The maximum absolute atomic E-state index is 11.9. The molecule has 3 N–H and O–H groups in total. The topological polar surface area (TPSA) is 94.3 Å². The Morgan fingerprint density at radius 3 is 2.81 bits per heavy atom. The second-order valence-electron chi connectivity index (χ2n) is 4.18. The Labute approximate surface area is 131 Å². The van der Waals surface area contributed by atoms with E-state index in [1.165, 1.54) is 0 Å². The van der Waals surface area contributed by atoms with E-state index < -0.39 is 10.0 Å². The maximum atomic E-state index is 11.9. The van der Waals surface area contributed by atoms with Crippen LogP contribution in [0, 0.1) is 0 Å². The number of hydrogen-bond donors (Lipinski definition) is 2. The van der Waals surface area contributed by atoms with Crippen LogP contribution < -0.4 is 15.2 Å². The largest absolute Gasteiger partial charge is 0.492 e. The first kappa shape index (κ1) is 15.6. The smallest absolute Gasteiger partial charge is 0.236 e. The van der Waals surface area contributed by atoms with Crippen molar-refractivity contribution in [3.63, 3.8) is 0 Å². The van der Waals surface area contributed by atoms with Crippen LogP contribution in [0.5, 0.6) is 5.75 Å². The highest BCUT2D eigenvalue weighted by atomic mass is 79.9. The van der Waals surface area contributed by atoms with E-state index in [4.69, 9.17) is 10.5 Å². The van der Waals surface area contributed by atoms with Gasteiger partial charge in [-0.3, -0.25) is 4.72 Å². The van der Waals surface area contributed by atoms with Gasteiger partial charge in [-0.25, -0.2) is 13.4 Å². The molecule has 21 heavy (non-hydrogen) atoms. The average molecular weight is 372 g/mol. The summed E-state index contributed by atoms with van der Waals surface area (Å²) in [6.07, 6.45) is 1.56. The number of nitrogen functional groups attached to an aromatic ring is 1. The molecule has 0 saturated heterocycles. The van der Waals surface area contributed by atoms with Gasteiger partial charge in [0.15, 0.2) is 0 Å².